The Kier molecular flexibility index (Phi) is 41.6. The summed E-state index contributed by atoms with van der Waals surface area (Å²) in [6.45, 7) is 18.0. The molecule has 1 aliphatic rings. The first-order chi connectivity index (χ1) is 60.9. The molecular weight excluding hydrogens is 1780 g/mol. The van der Waals surface area contributed by atoms with Gasteiger partial charge in [-0.15, -0.1) is 11.8 Å². The van der Waals surface area contributed by atoms with Crippen molar-refractivity contribution in [1.29, 1.82) is 0 Å². The van der Waals surface area contributed by atoms with Gasteiger partial charge in [-0.3, -0.25) is 71.9 Å². The summed E-state index contributed by atoms with van der Waals surface area (Å²) in [5.41, 5.74) is 9.01. The van der Waals surface area contributed by atoms with Crippen molar-refractivity contribution in [3.05, 3.63) is 138 Å². The van der Waals surface area contributed by atoms with Crippen LogP contribution in [-0.2, 0) is 104 Å². The lowest BCUT2D eigenvalue weighted by Gasteiger charge is -2.32. The van der Waals surface area contributed by atoms with Gasteiger partial charge in [0.1, 0.15) is 84.3 Å². The lowest BCUT2D eigenvalue weighted by molar-refractivity contribution is -0.139. The minimum absolute atomic E-state index is 0.0809. The number of hydrogen-bond acceptors (Lipinski definition) is 21. The van der Waals surface area contributed by atoms with Crippen molar-refractivity contribution in [3.8, 4) is 5.75 Å². The Morgan fingerprint density at radius 1 is 0.438 bits per heavy atom. The van der Waals surface area contributed by atoms with Gasteiger partial charge in [-0.25, -0.2) is 9.97 Å². The van der Waals surface area contributed by atoms with Crippen LogP contribution >= 0.6 is 34.4 Å². The molecule has 0 bridgehead atoms. The average molecular weight is 1910 g/mol. The van der Waals surface area contributed by atoms with Crippen molar-refractivity contribution < 1.29 is 87.2 Å². The van der Waals surface area contributed by atoms with E-state index in [0.717, 1.165) is 18.7 Å². The van der Waals surface area contributed by atoms with Gasteiger partial charge in [0, 0.05) is 85.2 Å². The number of aromatic hydroxyl groups is 1. The highest BCUT2D eigenvalue weighted by atomic mass is 127. The molecule has 0 saturated carbocycles. The number of nitrogens with zero attached hydrogens (tertiary/aromatic N) is 2. The first-order valence-corrected chi connectivity index (χ1v) is 45.7. The third-order valence-electron chi connectivity index (χ3n) is 22.5. The minimum atomic E-state index is -1.91. The van der Waals surface area contributed by atoms with Crippen LogP contribution in [0, 0.1) is 29.6 Å². The number of amides is 14. The second kappa shape index (κ2) is 51.5. The van der Waals surface area contributed by atoms with Crippen LogP contribution < -0.4 is 80.2 Å². The van der Waals surface area contributed by atoms with Crippen molar-refractivity contribution in [2.45, 2.75) is 248 Å². The number of imidazole rings is 2. The molecule has 0 aliphatic carbocycles. The summed E-state index contributed by atoms with van der Waals surface area (Å²) >= 11 is 3.03. The highest BCUT2D eigenvalue weighted by Crippen LogP contribution is 2.23. The number of aromatic amines is 3. The van der Waals surface area contributed by atoms with Crippen LogP contribution in [-0.4, -0.2) is 236 Å². The van der Waals surface area contributed by atoms with Gasteiger partial charge in [-0.2, -0.15) is 0 Å². The highest BCUT2D eigenvalue weighted by Gasteiger charge is 2.42. The molecule has 128 heavy (non-hydrogen) atoms. The molecule has 18 atom stereocenters. The molecular formula is C88H125IN20O18S. The van der Waals surface area contributed by atoms with Crippen LogP contribution in [0.1, 0.15) is 156 Å². The number of aliphatic hydroxyl groups is 1. The van der Waals surface area contributed by atoms with Crippen molar-refractivity contribution >= 4 is 134 Å². The minimum Gasteiger partial charge on any atom is -0.508 e. The fourth-order valence-corrected chi connectivity index (χ4v) is 16.0. The molecule has 1 aliphatic heterocycles. The van der Waals surface area contributed by atoms with Gasteiger partial charge in [-0.1, -0.05) is 172 Å². The van der Waals surface area contributed by atoms with Crippen LogP contribution in [0.4, 0.5) is 0 Å². The number of hydrogen-bond donors (Lipinski definition) is 21. The fourth-order valence-electron chi connectivity index (χ4n) is 14.3. The summed E-state index contributed by atoms with van der Waals surface area (Å²) < 4.78 is -0.731. The quantitative estimate of drug-likeness (QED) is 0.0159. The van der Waals surface area contributed by atoms with E-state index in [1.165, 1.54) is 37.2 Å². The Morgan fingerprint density at radius 2 is 0.820 bits per heavy atom. The van der Waals surface area contributed by atoms with Gasteiger partial charge in [0.2, 0.25) is 82.7 Å². The number of unbranched alkanes of at least 4 members (excludes halogenated alkanes) is 1. The van der Waals surface area contributed by atoms with Gasteiger partial charge in [-0.05, 0) is 104 Å². The van der Waals surface area contributed by atoms with E-state index < -0.39 is 220 Å². The van der Waals surface area contributed by atoms with E-state index in [4.69, 9.17) is 5.73 Å². The SMILES string of the molecule is CC[C@H](C)[C@@H]1NC(=O)[C@H](Cc2ccccc2)NC(=O)[C@H](CCCCN)NC(=O)[C@H](CCC(=O)O)NC(=O)[C@H]([C@@H](C)O)NC(=O)[C@H](C(C)C)NC(=O)[C@H]([C@@H](C)CC)NC(=O)[C@H]([C@@H](C)CC)NC(=O)[C@@H](Cc2ccc(O)cc2)NC(=O)CSC[C@@H](I)NC(=O)[C@H](Cc2cnc[nH]2)NC(=O)[C@H](Cc2cnc[nH]2)NC(=O)[C@H](C(C)C)NC(=O)[C@H](Cc2c[nH]c3ccccc23)NC1=O. The third kappa shape index (κ3) is 32.0. The van der Waals surface area contributed by atoms with Gasteiger partial charge in [0.25, 0.3) is 0 Å². The first kappa shape index (κ1) is 104. The Hall–Kier alpha value is -11.5. The number of aliphatic carboxylic acids is 1. The monoisotopic (exact) mass is 1910 g/mol. The molecule has 14 amide bonds. The molecule has 7 rings (SSSR count). The number of carboxylic acids is 1. The molecule has 0 unspecified atom stereocenters. The Balaban J connectivity index is 1.29. The van der Waals surface area contributed by atoms with E-state index in [-0.39, 0.29) is 81.6 Å². The number of H-pyrrole nitrogens is 3. The Morgan fingerprint density at radius 3 is 1.31 bits per heavy atom. The number of carbonyl (C=O) groups excluding carboxylic acids is 14. The number of benzene rings is 3. The number of nitrogens with two attached hydrogens (primary N) is 1. The number of phenolic OH excluding ortho intramolecular Hbond substituents is 1. The Labute approximate surface area is 761 Å². The summed E-state index contributed by atoms with van der Waals surface area (Å²) in [5.74, 6) is -17.6. The number of aromatic nitrogens is 5. The molecule has 1 fully saturated rings. The molecule has 0 radical (unpaired) electrons. The van der Waals surface area contributed by atoms with Crippen LogP contribution in [0.3, 0.4) is 0 Å². The number of carboxylic acid groups (broad SMARTS) is 1. The van der Waals surface area contributed by atoms with Gasteiger partial charge < -0.3 is 110 Å². The summed E-state index contributed by atoms with van der Waals surface area (Å²) in [4.78, 5) is 238. The largest absolute Gasteiger partial charge is 0.508 e. The molecule has 4 heterocycles. The molecule has 3 aromatic carbocycles. The molecule has 698 valence electrons. The number of rotatable bonds is 26. The van der Waals surface area contributed by atoms with E-state index >= 15 is 24.0 Å². The van der Waals surface area contributed by atoms with Crippen LogP contribution in [0.2, 0.25) is 0 Å². The number of aliphatic hydroxyl groups excluding tert-OH is 1. The zero-order valence-corrected chi connectivity index (χ0v) is 77.0. The zero-order valence-electron chi connectivity index (χ0n) is 74.0. The van der Waals surface area contributed by atoms with Crippen LogP contribution in [0.5, 0.6) is 5.75 Å². The van der Waals surface area contributed by atoms with Gasteiger partial charge in [0.05, 0.1) is 28.6 Å². The smallest absolute Gasteiger partial charge is 0.303 e. The number of fused-ring (bicyclic) bond motifs is 1. The highest BCUT2D eigenvalue weighted by molar-refractivity contribution is 14.1. The lowest BCUT2D eigenvalue weighted by atomic mass is 9.93. The maximum absolute atomic E-state index is 15.4. The number of thioether (sulfide) groups is 1. The standard InChI is InChI=1S/C88H125IN20O18S/c1-12-48(8)72-85(124)101-64(36-54-39-93-59-25-19-18-24-58(54)59)82(121)104-70(46(4)5)83(122)102-65(37-55-40-91-44-94-55)78(117)100-66(38-56-41-92-45-95-56)79(118)103-67(89)42-128-43-68(112)96-62(35-53-27-29-57(111)30-28-53)80(119)107-73(49(9)13-2)87(126)108-74(50(10)14-3)86(125)105-71(47(6)7)84(123)109-75(51(11)110)88(127)98-61(31-32-69(113)114)77(116)97-60(26-20-21-33-90)76(115)99-63(81(120)106-72)34-52-22-16-15-17-23-52/h15-19,22-25,27-30,39-41,44-51,60-67,70-75,93,110-111H,12-14,20-21,26,31-38,42-43,90H2,1-11H3,(H,91,94)(H,92,95)(H,96,112)(H,97,116)(H,98,127)(H,99,115)(H,100,117)(H,101,124)(H,102,122)(H,103,118)(H,104,121)(H,105,125)(H,106,120)(H,107,119)(H,108,126)(H,109,123)(H,113,114)/t48-,49-,50-,51+,60-,61-,62+,63-,64-,65-,66-,67-,70-,71-,72-,73-,74-,75-/m0/s1. The topological polar surface area (TPSA) is 584 Å². The third-order valence-corrected chi connectivity index (χ3v) is 24.9. The van der Waals surface area contributed by atoms with E-state index in [1.807, 2.05) is 28.7 Å². The molecule has 3 aromatic heterocycles. The molecule has 38 nitrogen and oxygen atoms in total. The predicted molar refractivity (Wildman–Crippen MR) is 486 cm³/mol. The maximum atomic E-state index is 15.4. The summed E-state index contributed by atoms with van der Waals surface area (Å²) in [6.07, 6.45) is 4.49. The second-order valence-electron chi connectivity index (χ2n) is 33.2. The predicted octanol–water partition coefficient (Wildman–Crippen LogP) is 1.58. The molecule has 1 saturated heterocycles. The number of phenols is 1. The van der Waals surface area contributed by atoms with Crippen molar-refractivity contribution in [2.24, 2.45) is 35.3 Å². The number of para-hydroxylation sites is 1. The van der Waals surface area contributed by atoms with Crippen molar-refractivity contribution in [1.82, 2.24) is 99.4 Å². The van der Waals surface area contributed by atoms with Crippen molar-refractivity contribution in [2.75, 3.05) is 18.1 Å². The molecule has 0 spiro atoms. The van der Waals surface area contributed by atoms with Gasteiger partial charge in [0.15, 0.2) is 0 Å². The maximum Gasteiger partial charge on any atom is 0.303 e. The zero-order chi connectivity index (χ0) is 94.0. The average Bonchev–Trinajstić information content (AvgIpc) is 1.61. The second-order valence-corrected chi connectivity index (χ2v) is 35.7. The summed E-state index contributed by atoms with van der Waals surface area (Å²) in [5, 5.41) is 70.5. The van der Waals surface area contributed by atoms with E-state index in [2.05, 4.69) is 99.4 Å². The van der Waals surface area contributed by atoms with Crippen LogP contribution in [0.15, 0.2) is 110 Å². The Bertz CT molecular complexity index is 4700. The van der Waals surface area contributed by atoms with Crippen LogP contribution in [0.25, 0.3) is 10.9 Å². The number of alkyl halides is 1. The molecule has 40 heteroatoms. The van der Waals surface area contributed by atoms with Crippen molar-refractivity contribution in [3.63, 3.8) is 0 Å². The van der Waals surface area contributed by atoms with E-state index in [9.17, 15) is 63.3 Å². The first-order valence-electron chi connectivity index (χ1n) is 43.3. The number of carbonyl (C=O) groups is 15. The normalized spacial score (nSPS) is 24.8. The molecule has 22 N–H and O–H groups in total. The number of halogens is 1. The summed E-state index contributed by atoms with van der Waals surface area (Å²) in [6, 6.07) is 1.91. The lowest BCUT2D eigenvalue weighted by Crippen LogP contribution is -2.63. The fraction of sp³-hybridized carbons (Fsp3) is 0.534. The number of nitrogens with one attached hydrogen (secondary N) is 17. The molecule has 6 aromatic rings. The van der Waals surface area contributed by atoms with Gasteiger partial charge >= 0.3 is 5.97 Å². The van der Waals surface area contributed by atoms with E-state index in [1.54, 1.807) is 136 Å². The summed E-state index contributed by atoms with van der Waals surface area (Å²) in [7, 11) is 0. The van der Waals surface area contributed by atoms with E-state index in [0.29, 0.717) is 51.8 Å².